The third-order valence-corrected chi connectivity index (χ3v) is 6.05. The van der Waals surface area contributed by atoms with Gasteiger partial charge >= 0.3 is 6.18 Å². The van der Waals surface area contributed by atoms with Gasteiger partial charge in [-0.3, -0.25) is 4.79 Å². The maximum absolute atomic E-state index is 13.1. The largest absolute Gasteiger partial charge is 0.417 e. The van der Waals surface area contributed by atoms with Gasteiger partial charge in [-0.2, -0.15) is 18.4 Å². The van der Waals surface area contributed by atoms with E-state index in [0.29, 0.717) is 6.07 Å². The molecule has 0 unspecified atom stereocenters. The molecule has 2 N–H and O–H groups in total. The fourth-order valence-electron chi connectivity index (χ4n) is 2.91. The van der Waals surface area contributed by atoms with Gasteiger partial charge in [0, 0.05) is 18.9 Å². The SMILES string of the molecule is Cn1cc(S(=O)(=O)NC2(C)COC2)cc1C(=O)Nc1ccc(C#N)c(C(F)(F)F)c1. The van der Waals surface area contributed by atoms with Crippen molar-refractivity contribution in [2.75, 3.05) is 18.5 Å². The van der Waals surface area contributed by atoms with Gasteiger partial charge < -0.3 is 14.6 Å². The van der Waals surface area contributed by atoms with Crippen molar-refractivity contribution in [2.24, 2.45) is 7.05 Å². The summed E-state index contributed by atoms with van der Waals surface area (Å²) in [4.78, 5) is 12.4. The molecule has 0 atom stereocenters. The lowest BCUT2D eigenvalue weighted by molar-refractivity contribution is -0.137. The molecule has 0 saturated carbocycles. The summed E-state index contributed by atoms with van der Waals surface area (Å²) < 4.78 is 73.1. The Hall–Kier alpha value is -2.88. The number of hydrogen-bond donors (Lipinski definition) is 2. The van der Waals surface area contributed by atoms with E-state index in [4.69, 9.17) is 10.00 Å². The van der Waals surface area contributed by atoms with Crippen LogP contribution in [0.15, 0.2) is 35.4 Å². The molecule has 8 nitrogen and oxygen atoms in total. The number of aromatic nitrogens is 1. The molecule has 2 aromatic rings. The molecule has 1 aliphatic rings. The van der Waals surface area contributed by atoms with E-state index in [0.717, 1.165) is 18.2 Å². The van der Waals surface area contributed by atoms with Crippen LogP contribution in [0.25, 0.3) is 0 Å². The lowest BCUT2D eigenvalue weighted by atomic mass is 10.0. The lowest BCUT2D eigenvalue weighted by Crippen LogP contribution is -2.59. The summed E-state index contributed by atoms with van der Waals surface area (Å²) in [7, 11) is -2.51. The zero-order valence-electron chi connectivity index (χ0n) is 15.9. The number of anilines is 1. The first-order valence-electron chi connectivity index (χ1n) is 8.55. The van der Waals surface area contributed by atoms with Gasteiger partial charge in [-0.25, -0.2) is 13.1 Å². The predicted octanol–water partition coefficient (Wildman–Crippen LogP) is 2.24. The Morgan fingerprint density at radius 1 is 1.30 bits per heavy atom. The number of nitrogens with zero attached hydrogens (tertiary/aromatic N) is 2. The molecule has 1 aliphatic heterocycles. The predicted molar refractivity (Wildman–Crippen MR) is 99.1 cm³/mol. The van der Waals surface area contributed by atoms with E-state index in [1.807, 2.05) is 0 Å². The summed E-state index contributed by atoms with van der Waals surface area (Å²) in [5.41, 5.74) is -2.77. The molecule has 0 radical (unpaired) electrons. The highest BCUT2D eigenvalue weighted by Gasteiger charge is 2.38. The van der Waals surface area contributed by atoms with Crippen LogP contribution in [0.3, 0.4) is 0 Å². The van der Waals surface area contributed by atoms with Crippen molar-refractivity contribution in [3.05, 3.63) is 47.3 Å². The number of halogens is 3. The van der Waals surface area contributed by atoms with Crippen LogP contribution in [0.4, 0.5) is 18.9 Å². The Balaban J connectivity index is 1.84. The summed E-state index contributed by atoms with van der Waals surface area (Å²) in [5, 5.41) is 11.1. The molecule has 0 spiro atoms. The van der Waals surface area contributed by atoms with E-state index >= 15 is 0 Å². The summed E-state index contributed by atoms with van der Waals surface area (Å²) in [5.74, 6) is -0.810. The van der Waals surface area contributed by atoms with Crippen LogP contribution in [-0.4, -0.2) is 37.6 Å². The molecule has 1 aromatic carbocycles. The third kappa shape index (κ3) is 4.33. The second-order valence-electron chi connectivity index (χ2n) is 7.15. The number of aryl methyl sites for hydroxylation is 1. The molecule has 3 rings (SSSR count). The number of nitrogens with one attached hydrogen (secondary N) is 2. The second-order valence-corrected chi connectivity index (χ2v) is 8.84. The van der Waals surface area contributed by atoms with Crippen molar-refractivity contribution < 1.29 is 31.1 Å². The number of hydrogen-bond acceptors (Lipinski definition) is 5. The third-order valence-electron chi connectivity index (χ3n) is 4.45. The number of benzene rings is 1. The number of nitriles is 1. The normalized spacial score (nSPS) is 15.9. The smallest absolute Gasteiger partial charge is 0.377 e. The maximum atomic E-state index is 13.1. The van der Waals surface area contributed by atoms with Gasteiger partial charge in [-0.05, 0) is 31.2 Å². The Morgan fingerprint density at radius 3 is 2.50 bits per heavy atom. The van der Waals surface area contributed by atoms with Crippen LogP contribution in [0.1, 0.15) is 28.5 Å². The first-order valence-corrected chi connectivity index (χ1v) is 10.0. The van der Waals surface area contributed by atoms with Crippen LogP contribution in [0.2, 0.25) is 0 Å². The van der Waals surface area contributed by atoms with Gasteiger partial charge in [0.25, 0.3) is 5.91 Å². The van der Waals surface area contributed by atoms with Gasteiger partial charge in [0.1, 0.15) is 10.6 Å². The first-order chi connectivity index (χ1) is 13.8. The van der Waals surface area contributed by atoms with Crippen LogP contribution in [0, 0.1) is 11.3 Å². The highest BCUT2D eigenvalue weighted by molar-refractivity contribution is 7.89. The Morgan fingerprint density at radius 2 is 1.97 bits per heavy atom. The molecule has 0 bridgehead atoms. The van der Waals surface area contributed by atoms with Crippen molar-refractivity contribution in [2.45, 2.75) is 23.5 Å². The minimum Gasteiger partial charge on any atom is -0.377 e. The summed E-state index contributed by atoms with van der Waals surface area (Å²) in [6, 6.07) is 5.33. The van der Waals surface area contributed by atoms with Crippen LogP contribution in [-0.2, 0) is 28.0 Å². The average molecular weight is 442 g/mol. The van der Waals surface area contributed by atoms with Crippen molar-refractivity contribution >= 4 is 21.6 Å². The van der Waals surface area contributed by atoms with Gasteiger partial charge in [0.2, 0.25) is 10.0 Å². The summed E-state index contributed by atoms with van der Waals surface area (Å²) >= 11 is 0. The number of amides is 1. The fourth-order valence-corrected chi connectivity index (χ4v) is 4.35. The van der Waals surface area contributed by atoms with Crippen LogP contribution >= 0.6 is 0 Å². The van der Waals surface area contributed by atoms with Gasteiger partial charge in [0.05, 0.1) is 35.9 Å². The topological polar surface area (TPSA) is 113 Å². The Kier molecular flexibility index (Phi) is 5.40. The van der Waals surface area contributed by atoms with E-state index in [9.17, 15) is 26.4 Å². The zero-order valence-corrected chi connectivity index (χ0v) is 16.7. The van der Waals surface area contributed by atoms with Gasteiger partial charge in [-0.15, -0.1) is 0 Å². The van der Waals surface area contributed by atoms with Crippen molar-refractivity contribution in [3.8, 4) is 6.07 Å². The number of alkyl halides is 3. The molecule has 1 saturated heterocycles. The molecule has 160 valence electrons. The standard InChI is InChI=1S/C18H17F3N4O4S/c1-17(9-29-10-17)24-30(27,28)13-6-15(25(2)8-13)16(26)23-12-4-3-11(7-22)14(5-12)18(19,20)21/h3-6,8,24H,9-10H2,1-2H3,(H,23,26). The van der Waals surface area contributed by atoms with Gasteiger partial charge in [0.15, 0.2) is 0 Å². The summed E-state index contributed by atoms with van der Waals surface area (Å²) in [6.07, 6.45) is -3.55. The second kappa shape index (κ2) is 7.42. The van der Waals surface area contributed by atoms with E-state index in [2.05, 4.69) is 10.0 Å². The minimum absolute atomic E-state index is 0.0803. The molecule has 1 fully saturated rings. The lowest BCUT2D eigenvalue weighted by Gasteiger charge is -2.38. The number of carbonyl (C=O) groups is 1. The molecule has 1 amide bonds. The monoisotopic (exact) mass is 442 g/mol. The average Bonchev–Trinajstić information content (AvgIpc) is 3.02. The maximum Gasteiger partial charge on any atom is 0.417 e. The van der Waals surface area contributed by atoms with E-state index in [1.165, 1.54) is 23.9 Å². The minimum atomic E-state index is -4.77. The van der Waals surface area contributed by atoms with E-state index < -0.39 is 38.8 Å². The van der Waals surface area contributed by atoms with Crippen LogP contribution in [0.5, 0.6) is 0 Å². The molecular weight excluding hydrogens is 425 g/mol. The molecule has 30 heavy (non-hydrogen) atoms. The Bertz CT molecular complexity index is 1150. The molecule has 0 aliphatic carbocycles. The number of ether oxygens (including phenoxy) is 1. The quantitative estimate of drug-likeness (QED) is 0.737. The number of sulfonamides is 1. The van der Waals surface area contributed by atoms with Crippen molar-refractivity contribution in [3.63, 3.8) is 0 Å². The van der Waals surface area contributed by atoms with E-state index in [-0.39, 0.29) is 29.5 Å². The van der Waals surface area contributed by atoms with Crippen molar-refractivity contribution in [1.82, 2.24) is 9.29 Å². The van der Waals surface area contributed by atoms with Gasteiger partial charge in [-0.1, -0.05) is 0 Å². The first kappa shape index (κ1) is 21.8. The molecule has 12 heteroatoms. The zero-order chi connectivity index (χ0) is 22.3. The summed E-state index contributed by atoms with van der Waals surface area (Å²) in [6.45, 7) is 2.10. The molecule has 1 aromatic heterocycles. The molecular formula is C18H17F3N4O4S. The Labute approximate surface area is 170 Å². The number of carbonyl (C=O) groups excluding carboxylic acids is 1. The highest BCUT2D eigenvalue weighted by Crippen LogP contribution is 2.33. The molecule has 2 heterocycles. The van der Waals surface area contributed by atoms with Crippen LogP contribution < -0.4 is 10.0 Å². The number of rotatable bonds is 5. The fraction of sp³-hybridized carbons (Fsp3) is 0.333. The van der Waals surface area contributed by atoms with E-state index in [1.54, 1.807) is 6.92 Å². The highest BCUT2D eigenvalue weighted by atomic mass is 32.2. The van der Waals surface area contributed by atoms with Crippen molar-refractivity contribution in [1.29, 1.82) is 5.26 Å².